The van der Waals surface area contributed by atoms with Crippen LogP contribution < -0.4 is 0 Å². The van der Waals surface area contributed by atoms with E-state index in [0.29, 0.717) is 11.7 Å². The minimum absolute atomic E-state index is 0.560. The SMILES string of the molecule is CC(C)Cc1cc(-c2nc3ccc(Br)cc3[nH]2)on1. The molecule has 1 aromatic carbocycles. The number of H-pyrrole nitrogens is 1. The third-order valence-corrected chi connectivity index (χ3v) is 3.35. The zero-order chi connectivity index (χ0) is 13.4. The number of rotatable bonds is 3. The fourth-order valence-corrected chi connectivity index (χ4v) is 2.40. The van der Waals surface area contributed by atoms with Gasteiger partial charge >= 0.3 is 0 Å². The fourth-order valence-electron chi connectivity index (χ4n) is 2.04. The van der Waals surface area contributed by atoms with Gasteiger partial charge in [-0.15, -0.1) is 0 Å². The summed E-state index contributed by atoms with van der Waals surface area (Å²) in [5.74, 6) is 1.96. The van der Waals surface area contributed by atoms with Crippen LogP contribution in [0.1, 0.15) is 19.5 Å². The zero-order valence-electron chi connectivity index (χ0n) is 10.8. The molecule has 5 heteroatoms. The van der Waals surface area contributed by atoms with Gasteiger partial charge in [-0.05, 0) is 30.5 Å². The van der Waals surface area contributed by atoms with Crippen molar-refractivity contribution in [3.8, 4) is 11.6 Å². The molecule has 0 aliphatic carbocycles. The Morgan fingerprint density at radius 1 is 1.32 bits per heavy atom. The number of halogens is 1. The molecule has 0 aliphatic heterocycles. The van der Waals surface area contributed by atoms with Crippen molar-refractivity contribution in [3.63, 3.8) is 0 Å². The molecule has 3 rings (SSSR count). The van der Waals surface area contributed by atoms with E-state index in [2.05, 4.69) is 44.9 Å². The summed E-state index contributed by atoms with van der Waals surface area (Å²) in [6.45, 7) is 4.32. The lowest BCUT2D eigenvalue weighted by atomic mass is 10.1. The van der Waals surface area contributed by atoms with E-state index in [-0.39, 0.29) is 0 Å². The third kappa shape index (κ3) is 2.56. The van der Waals surface area contributed by atoms with Gasteiger partial charge in [0.2, 0.25) is 5.76 Å². The van der Waals surface area contributed by atoms with Gasteiger partial charge in [-0.1, -0.05) is 34.9 Å². The fraction of sp³-hybridized carbons (Fsp3) is 0.286. The average Bonchev–Trinajstić information content (AvgIpc) is 2.93. The first-order valence-electron chi connectivity index (χ1n) is 6.23. The first kappa shape index (κ1) is 12.4. The van der Waals surface area contributed by atoms with Crippen LogP contribution in [0.15, 0.2) is 33.3 Å². The Labute approximate surface area is 119 Å². The molecule has 98 valence electrons. The van der Waals surface area contributed by atoms with Gasteiger partial charge in [0, 0.05) is 10.5 Å². The summed E-state index contributed by atoms with van der Waals surface area (Å²) in [4.78, 5) is 7.75. The molecule has 0 saturated heterocycles. The molecule has 3 aromatic rings. The number of hydrogen-bond acceptors (Lipinski definition) is 3. The van der Waals surface area contributed by atoms with Crippen molar-refractivity contribution >= 4 is 27.0 Å². The largest absolute Gasteiger partial charge is 0.353 e. The molecule has 0 atom stereocenters. The predicted molar refractivity (Wildman–Crippen MR) is 77.8 cm³/mol. The number of imidazole rings is 1. The van der Waals surface area contributed by atoms with Crippen molar-refractivity contribution in [2.75, 3.05) is 0 Å². The summed E-state index contributed by atoms with van der Waals surface area (Å²) in [5.41, 5.74) is 2.86. The Bertz CT molecular complexity index is 714. The van der Waals surface area contributed by atoms with Crippen molar-refractivity contribution < 1.29 is 4.52 Å². The molecule has 0 bridgehead atoms. The Hall–Kier alpha value is -1.62. The van der Waals surface area contributed by atoms with Crippen LogP contribution in [0.2, 0.25) is 0 Å². The van der Waals surface area contributed by atoms with E-state index in [1.165, 1.54) is 0 Å². The molecular formula is C14H14BrN3O. The highest BCUT2D eigenvalue weighted by Gasteiger charge is 2.12. The maximum absolute atomic E-state index is 5.36. The number of benzene rings is 1. The smallest absolute Gasteiger partial charge is 0.202 e. The van der Waals surface area contributed by atoms with Crippen LogP contribution in [0.4, 0.5) is 0 Å². The molecule has 0 fully saturated rings. The number of hydrogen-bond donors (Lipinski definition) is 1. The normalized spacial score (nSPS) is 11.6. The molecule has 0 radical (unpaired) electrons. The summed E-state index contributed by atoms with van der Waals surface area (Å²) in [6.07, 6.45) is 0.912. The standard InChI is InChI=1S/C14H14BrN3O/c1-8(2)5-10-7-13(19-18-10)14-16-11-4-3-9(15)6-12(11)17-14/h3-4,6-8H,5H2,1-2H3,(H,16,17). The van der Waals surface area contributed by atoms with Crippen LogP contribution >= 0.6 is 15.9 Å². The summed E-state index contributed by atoms with van der Waals surface area (Å²) in [6, 6.07) is 7.88. The minimum atomic E-state index is 0.560. The lowest BCUT2D eigenvalue weighted by Gasteiger charge is -1.96. The average molecular weight is 320 g/mol. The van der Waals surface area contributed by atoms with Crippen LogP contribution in [0.5, 0.6) is 0 Å². The number of nitrogens with zero attached hydrogens (tertiary/aromatic N) is 2. The Morgan fingerprint density at radius 2 is 2.16 bits per heavy atom. The number of nitrogens with one attached hydrogen (secondary N) is 1. The summed E-state index contributed by atoms with van der Waals surface area (Å²) in [7, 11) is 0. The molecule has 0 aliphatic rings. The van der Waals surface area contributed by atoms with Gasteiger partial charge in [0.1, 0.15) is 0 Å². The van der Waals surface area contributed by atoms with Crippen molar-refractivity contribution in [3.05, 3.63) is 34.4 Å². The monoisotopic (exact) mass is 319 g/mol. The molecule has 2 aromatic heterocycles. The molecule has 19 heavy (non-hydrogen) atoms. The molecule has 0 spiro atoms. The van der Waals surface area contributed by atoms with Gasteiger partial charge in [0.25, 0.3) is 0 Å². The van der Waals surface area contributed by atoms with E-state index in [9.17, 15) is 0 Å². The van der Waals surface area contributed by atoms with Crippen LogP contribution in [0, 0.1) is 5.92 Å². The lowest BCUT2D eigenvalue weighted by molar-refractivity contribution is 0.416. The van der Waals surface area contributed by atoms with Crippen LogP contribution in [0.25, 0.3) is 22.6 Å². The van der Waals surface area contributed by atoms with Gasteiger partial charge in [-0.25, -0.2) is 4.98 Å². The molecule has 0 amide bonds. The van der Waals surface area contributed by atoms with Crippen molar-refractivity contribution in [2.24, 2.45) is 5.92 Å². The predicted octanol–water partition coefficient (Wildman–Crippen LogP) is 4.18. The molecular weight excluding hydrogens is 306 g/mol. The molecule has 2 heterocycles. The van der Waals surface area contributed by atoms with E-state index in [1.807, 2.05) is 24.3 Å². The highest BCUT2D eigenvalue weighted by atomic mass is 79.9. The second kappa shape index (κ2) is 4.81. The number of aromatic amines is 1. The lowest BCUT2D eigenvalue weighted by Crippen LogP contribution is -1.92. The molecule has 4 nitrogen and oxygen atoms in total. The van der Waals surface area contributed by atoms with Crippen LogP contribution in [-0.4, -0.2) is 15.1 Å². The number of aromatic nitrogens is 3. The maximum Gasteiger partial charge on any atom is 0.202 e. The Kier molecular flexibility index (Phi) is 3.14. The van der Waals surface area contributed by atoms with E-state index >= 15 is 0 Å². The van der Waals surface area contributed by atoms with Gasteiger partial charge in [-0.3, -0.25) is 0 Å². The molecule has 1 N–H and O–H groups in total. The van der Waals surface area contributed by atoms with Gasteiger partial charge < -0.3 is 9.51 Å². The quantitative estimate of drug-likeness (QED) is 0.787. The highest BCUT2D eigenvalue weighted by Crippen LogP contribution is 2.24. The minimum Gasteiger partial charge on any atom is -0.353 e. The summed E-state index contributed by atoms with van der Waals surface area (Å²) >= 11 is 3.45. The van der Waals surface area contributed by atoms with Crippen LogP contribution in [0.3, 0.4) is 0 Å². The second-order valence-electron chi connectivity index (χ2n) is 5.03. The Balaban J connectivity index is 1.97. The molecule has 0 unspecified atom stereocenters. The van der Waals surface area contributed by atoms with E-state index in [4.69, 9.17) is 4.52 Å². The Morgan fingerprint density at radius 3 is 2.95 bits per heavy atom. The van der Waals surface area contributed by atoms with Crippen molar-refractivity contribution in [2.45, 2.75) is 20.3 Å². The summed E-state index contributed by atoms with van der Waals surface area (Å²) in [5, 5.41) is 4.08. The van der Waals surface area contributed by atoms with Gasteiger partial charge in [-0.2, -0.15) is 0 Å². The van der Waals surface area contributed by atoms with E-state index in [1.54, 1.807) is 0 Å². The van der Waals surface area contributed by atoms with Gasteiger partial charge in [0.15, 0.2) is 5.82 Å². The van der Waals surface area contributed by atoms with Crippen molar-refractivity contribution in [1.82, 2.24) is 15.1 Å². The third-order valence-electron chi connectivity index (χ3n) is 2.85. The van der Waals surface area contributed by atoms with Crippen LogP contribution in [-0.2, 0) is 6.42 Å². The van der Waals surface area contributed by atoms with Gasteiger partial charge in [0.05, 0.1) is 16.7 Å². The number of fused-ring (bicyclic) bond motifs is 1. The first-order chi connectivity index (χ1) is 9.11. The summed E-state index contributed by atoms with van der Waals surface area (Å²) < 4.78 is 6.38. The van der Waals surface area contributed by atoms with Crippen molar-refractivity contribution in [1.29, 1.82) is 0 Å². The van der Waals surface area contributed by atoms with E-state index in [0.717, 1.165) is 33.4 Å². The molecule has 0 saturated carbocycles. The second-order valence-corrected chi connectivity index (χ2v) is 5.94. The van der Waals surface area contributed by atoms with E-state index < -0.39 is 0 Å². The topological polar surface area (TPSA) is 54.7 Å². The zero-order valence-corrected chi connectivity index (χ0v) is 12.4. The highest BCUT2D eigenvalue weighted by molar-refractivity contribution is 9.10. The first-order valence-corrected chi connectivity index (χ1v) is 7.02. The maximum atomic E-state index is 5.36.